The van der Waals surface area contributed by atoms with Crippen molar-refractivity contribution < 1.29 is 0 Å². The van der Waals surface area contributed by atoms with Crippen LogP contribution in [0.3, 0.4) is 0 Å². The summed E-state index contributed by atoms with van der Waals surface area (Å²) >= 11 is 0. The second kappa shape index (κ2) is 3.80. The van der Waals surface area contributed by atoms with E-state index in [-0.39, 0.29) is 0 Å². The first-order valence-corrected chi connectivity index (χ1v) is 5.45. The zero-order valence-electron chi connectivity index (χ0n) is 9.14. The smallest absolute Gasteiger partial charge is 0.0912 e. The molecule has 0 aliphatic rings. The zero-order valence-corrected chi connectivity index (χ0v) is 9.14. The fourth-order valence-corrected chi connectivity index (χ4v) is 2.11. The van der Waals surface area contributed by atoms with Gasteiger partial charge in [0.15, 0.2) is 0 Å². The number of hydrogen-bond donors (Lipinski definition) is 1. The molecule has 1 N–H and O–H groups in total. The third-order valence-corrected chi connectivity index (χ3v) is 2.88. The SMILES string of the molecule is N#CC=Cc1ccc2c(c1)[nH]c1ccccc12. The van der Waals surface area contributed by atoms with Crippen molar-refractivity contribution in [3.63, 3.8) is 0 Å². The standard InChI is InChI=1S/C15H10N2/c16-9-3-4-11-7-8-13-12-5-1-2-6-14(12)17-15(13)10-11/h1-8,10,17H. The zero-order chi connectivity index (χ0) is 11.7. The van der Waals surface area contributed by atoms with Gasteiger partial charge in [0, 0.05) is 27.9 Å². The fourth-order valence-electron chi connectivity index (χ4n) is 2.11. The summed E-state index contributed by atoms with van der Waals surface area (Å²) in [4.78, 5) is 3.38. The molecule has 0 saturated carbocycles. The van der Waals surface area contributed by atoms with E-state index in [2.05, 4.69) is 29.2 Å². The quantitative estimate of drug-likeness (QED) is 0.619. The maximum atomic E-state index is 8.51. The van der Waals surface area contributed by atoms with Crippen LogP contribution in [0.2, 0.25) is 0 Å². The number of nitrogens with zero attached hydrogens (tertiary/aromatic N) is 1. The van der Waals surface area contributed by atoms with Crippen molar-refractivity contribution in [3.05, 3.63) is 54.1 Å². The second-order valence-electron chi connectivity index (χ2n) is 3.94. The lowest BCUT2D eigenvalue weighted by atomic mass is 10.1. The molecule has 0 unspecified atom stereocenters. The molecule has 0 aliphatic heterocycles. The third kappa shape index (κ3) is 1.58. The Morgan fingerprint density at radius 3 is 2.71 bits per heavy atom. The molecule has 0 bridgehead atoms. The van der Waals surface area contributed by atoms with Gasteiger partial charge in [-0.15, -0.1) is 0 Å². The fraction of sp³-hybridized carbons (Fsp3) is 0. The van der Waals surface area contributed by atoms with Gasteiger partial charge >= 0.3 is 0 Å². The molecule has 80 valence electrons. The van der Waals surface area contributed by atoms with Crippen LogP contribution < -0.4 is 0 Å². The van der Waals surface area contributed by atoms with Crippen LogP contribution in [0, 0.1) is 11.3 Å². The number of allylic oxidation sites excluding steroid dienone is 1. The van der Waals surface area contributed by atoms with Gasteiger partial charge in [0.1, 0.15) is 0 Å². The average Bonchev–Trinajstić information content (AvgIpc) is 2.74. The lowest BCUT2D eigenvalue weighted by Crippen LogP contribution is -1.72. The van der Waals surface area contributed by atoms with Gasteiger partial charge in [0.2, 0.25) is 0 Å². The predicted molar refractivity (Wildman–Crippen MR) is 70.5 cm³/mol. The van der Waals surface area contributed by atoms with E-state index in [1.54, 1.807) is 0 Å². The Morgan fingerprint density at radius 1 is 1.00 bits per heavy atom. The Kier molecular flexibility index (Phi) is 2.16. The number of hydrogen-bond acceptors (Lipinski definition) is 1. The van der Waals surface area contributed by atoms with Gasteiger partial charge in [0.25, 0.3) is 0 Å². The summed E-state index contributed by atoms with van der Waals surface area (Å²) in [7, 11) is 0. The van der Waals surface area contributed by atoms with Crippen LogP contribution in [0.4, 0.5) is 0 Å². The van der Waals surface area contributed by atoms with Crippen LogP contribution in [-0.4, -0.2) is 4.98 Å². The van der Waals surface area contributed by atoms with E-state index in [9.17, 15) is 0 Å². The Labute approximate surface area is 98.8 Å². The summed E-state index contributed by atoms with van der Waals surface area (Å²) in [6.07, 6.45) is 3.30. The molecule has 17 heavy (non-hydrogen) atoms. The highest BCUT2D eigenvalue weighted by molar-refractivity contribution is 6.07. The van der Waals surface area contributed by atoms with Crippen LogP contribution in [0.1, 0.15) is 5.56 Å². The Morgan fingerprint density at radius 2 is 1.82 bits per heavy atom. The van der Waals surface area contributed by atoms with Gasteiger partial charge < -0.3 is 4.98 Å². The maximum absolute atomic E-state index is 8.51. The largest absolute Gasteiger partial charge is 0.354 e. The molecule has 0 spiro atoms. The molecule has 0 atom stereocenters. The summed E-state index contributed by atoms with van der Waals surface area (Å²) in [6, 6.07) is 16.4. The van der Waals surface area contributed by atoms with E-state index in [1.807, 2.05) is 30.3 Å². The minimum Gasteiger partial charge on any atom is -0.354 e. The number of para-hydroxylation sites is 1. The van der Waals surface area contributed by atoms with Crippen LogP contribution in [0.15, 0.2) is 48.5 Å². The van der Waals surface area contributed by atoms with E-state index in [4.69, 9.17) is 5.26 Å². The molecule has 0 saturated heterocycles. The molecule has 2 aromatic carbocycles. The number of nitrogens with one attached hydrogen (secondary N) is 1. The summed E-state index contributed by atoms with van der Waals surface area (Å²) in [5.74, 6) is 0. The number of nitriles is 1. The van der Waals surface area contributed by atoms with Crippen LogP contribution in [0.5, 0.6) is 0 Å². The van der Waals surface area contributed by atoms with Crippen molar-refractivity contribution in [2.45, 2.75) is 0 Å². The first-order chi connectivity index (χ1) is 8.38. The van der Waals surface area contributed by atoms with Crippen molar-refractivity contribution in [1.29, 1.82) is 5.26 Å². The molecule has 0 fully saturated rings. The highest BCUT2D eigenvalue weighted by Crippen LogP contribution is 2.25. The Hall–Kier alpha value is -2.53. The molecule has 1 aromatic heterocycles. The Bertz CT molecular complexity index is 757. The van der Waals surface area contributed by atoms with Gasteiger partial charge in [-0.05, 0) is 23.8 Å². The first kappa shape index (κ1) is 9.68. The third-order valence-electron chi connectivity index (χ3n) is 2.88. The number of rotatable bonds is 1. The summed E-state index contributed by atoms with van der Waals surface area (Å²) in [5, 5.41) is 11.0. The van der Waals surface area contributed by atoms with E-state index in [0.29, 0.717) is 0 Å². The van der Waals surface area contributed by atoms with Gasteiger partial charge in [-0.3, -0.25) is 0 Å². The molecule has 1 heterocycles. The van der Waals surface area contributed by atoms with E-state index in [0.717, 1.165) is 16.6 Å². The number of aromatic nitrogens is 1. The van der Waals surface area contributed by atoms with Gasteiger partial charge in [-0.25, -0.2) is 0 Å². The Balaban J connectivity index is 2.27. The van der Waals surface area contributed by atoms with Gasteiger partial charge in [-0.1, -0.05) is 30.3 Å². The lowest BCUT2D eigenvalue weighted by Gasteiger charge is -1.93. The average molecular weight is 218 g/mol. The molecule has 2 nitrogen and oxygen atoms in total. The maximum Gasteiger partial charge on any atom is 0.0912 e. The number of aromatic amines is 1. The van der Waals surface area contributed by atoms with Crippen molar-refractivity contribution in [1.82, 2.24) is 4.98 Å². The molecule has 2 heteroatoms. The lowest BCUT2D eigenvalue weighted by molar-refractivity contribution is 1.53. The molecular weight excluding hydrogens is 208 g/mol. The number of fused-ring (bicyclic) bond motifs is 3. The van der Waals surface area contributed by atoms with Crippen LogP contribution in [0.25, 0.3) is 27.9 Å². The van der Waals surface area contributed by atoms with Gasteiger partial charge in [-0.2, -0.15) is 5.26 Å². The minimum atomic E-state index is 1.03. The van der Waals surface area contributed by atoms with Gasteiger partial charge in [0.05, 0.1) is 6.07 Å². The monoisotopic (exact) mass is 218 g/mol. The number of benzene rings is 2. The summed E-state index contributed by atoms with van der Waals surface area (Å²) in [5.41, 5.74) is 3.28. The second-order valence-corrected chi connectivity index (χ2v) is 3.94. The predicted octanol–water partition coefficient (Wildman–Crippen LogP) is 3.86. The minimum absolute atomic E-state index is 1.03. The van der Waals surface area contributed by atoms with Crippen molar-refractivity contribution >= 4 is 27.9 Å². The normalized spacial score (nSPS) is 11.2. The topological polar surface area (TPSA) is 39.6 Å². The molecule has 0 radical (unpaired) electrons. The number of H-pyrrole nitrogens is 1. The van der Waals surface area contributed by atoms with E-state index < -0.39 is 0 Å². The highest BCUT2D eigenvalue weighted by Gasteiger charge is 2.02. The summed E-state index contributed by atoms with van der Waals surface area (Å²) in [6.45, 7) is 0. The van der Waals surface area contributed by atoms with Crippen molar-refractivity contribution in [2.24, 2.45) is 0 Å². The molecule has 0 aliphatic carbocycles. The molecule has 3 aromatic rings. The van der Waals surface area contributed by atoms with Crippen LogP contribution in [-0.2, 0) is 0 Å². The highest BCUT2D eigenvalue weighted by atomic mass is 14.7. The van der Waals surface area contributed by atoms with Crippen molar-refractivity contribution in [2.75, 3.05) is 0 Å². The van der Waals surface area contributed by atoms with Crippen molar-refractivity contribution in [3.8, 4) is 6.07 Å². The summed E-state index contributed by atoms with van der Waals surface area (Å²) < 4.78 is 0. The first-order valence-electron chi connectivity index (χ1n) is 5.45. The van der Waals surface area contributed by atoms with E-state index >= 15 is 0 Å². The molecular formula is C15H10N2. The van der Waals surface area contributed by atoms with Crippen LogP contribution >= 0.6 is 0 Å². The molecule has 3 rings (SSSR count). The van der Waals surface area contributed by atoms with E-state index in [1.165, 1.54) is 16.8 Å². The molecule has 0 amide bonds.